The van der Waals surface area contributed by atoms with E-state index in [1.807, 2.05) is 100 Å². The molecule has 0 amide bonds. The van der Waals surface area contributed by atoms with Crippen molar-refractivity contribution < 1.29 is 2.85 Å². The van der Waals surface area contributed by atoms with Crippen LogP contribution in [0.2, 0.25) is 0 Å². The van der Waals surface area contributed by atoms with Gasteiger partial charge in [0.2, 0.25) is 0 Å². The van der Waals surface area contributed by atoms with Crippen LogP contribution >= 0.6 is 0 Å². The van der Waals surface area contributed by atoms with Crippen molar-refractivity contribution in [2.75, 3.05) is 0 Å². The first-order valence-electron chi connectivity index (χ1n) is 6.00. The van der Waals surface area contributed by atoms with Crippen molar-refractivity contribution in [2.24, 2.45) is 0 Å². The molecule has 0 radical (unpaired) electrons. The zero-order valence-corrected chi connectivity index (χ0v) is 10.9. The van der Waals surface area contributed by atoms with Crippen LogP contribution in [0.1, 0.15) is 45.4 Å². The van der Waals surface area contributed by atoms with Crippen LogP contribution in [0.5, 0.6) is 0 Å². The van der Waals surface area contributed by atoms with Crippen molar-refractivity contribution in [3.8, 4) is 0 Å². The van der Waals surface area contributed by atoms with Crippen LogP contribution in [-0.4, -0.2) is 0 Å². The molecule has 0 bridgehead atoms. The van der Waals surface area contributed by atoms with E-state index >= 15 is 0 Å². The van der Waals surface area contributed by atoms with Crippen molar-refractivity contribution in [3.05, 3.63) is 72.8 Å². The highest BCUT2D eigenvalue weighted by Crippen LogP contribution is 1.80. The average molecular weight is 254 g/mol. The van der Waals surface area contributed by atoms with Crippen molar-refractivity contribution in [1.29, 1.82) is 0 Å². The molecule has 0 aromatic heterocycles. The lowest BCUT2D eigenvalue weighted by atomic mass is 10.4. The Morgan fingerprint density at radius 3 is 0.444 bits per heavy atom. The van der Waals surface area contributed by atoms with Gasteiger partial charge in [-0.3, -0.25) is 0 Å². The van der Waals surface area contributed by atoms with Crippen LogP contribution in [0, 0.1) is 0 Å². The Bertz CT molecular complexity index is 185. The number of hydrogen-bond acceptors (Lipinski definition) is 0. The molecular weight excluding hydrogens is 216 g/mol. The molecule has 0 saturated heterocycles. The van der Waals surface area contributed by atoms with Crippen LogP contribution < -0.4 is 0 Å². The summed E-state index contributed by atoms with van der Waals surface area (Å²) in [5, 5.41) is 0. The fourth-order valence-corrected chi connectivity index (χ4v) is 0.770. The fraction of sp³-hybridized carbons (Fsp3) is 0.333. The first kappa shape index (κ1) is 25.3. The van der Waals surface area contributed by atoms with Gasteiger partial charge in [-0.2, -0.15) is 0 Å². The van der Waals surface area contributed by atoms with Gasteiger partial charge in [0, 0.05) is 2.85 Å². The minimum absolute atomic E-state index is 0. The summed E-state index contributed by atoms with van der Waals surface area (Å²) in [7, 11) is 0. The molecule has 0 aliphatic rings. The zero-order valence-electron chi connectivity index (χ0n) is 10.9. The highest BCUT2D eigenvalue weighted by Gasteiger charge is 1.58. The molecular formula is C18H36. The Balaban J connectivity index is -0.0000000339. The molecule has 0 spiro atoms. The largest absolute Gasteiger partial charge is 0.0776 e. The predicted octanol–water partition coefficient (Wildman–Crippen LogP) is 7.19. The molecule has 0 unspecified atom stereocenters. The van der Waals surface area contributed by atoms with Crippen molar-refractivity contribution in [2.45, 2.75) is 42.5 Å². The van der Waals surface area contributed by atoms with Crippen molar-refractivity contribution in [1.82, 2.24) is 0 Å². The van der Waals surface area contributed by atoms with Crippen LogP contribution in [-0.2, 0) is 0 Å². The molecule has 0 fully saturated rings. The summed E-state index contributed by atoms with van der Waals surface area (Å²) in [6.07, 6.45) is 0. The van der Waals surface area contributed by atoms with Crippen LogP contribution in [0.25, 0.3) is 0 Å². The molecule has 0 aliphatic carbocycles. The molecule has 108 valence electrons. The summed E-state index contributed by atoms with van der Waals surface area (Å²) in [4.78, 5) is 0. The summed E-state index contributed by atoms with van der Waals surface area (Å²) in [5.41, 5.74) is 0. The standard InChI is InChI=1S/2C6H6.2C2H6.2CH4.2H2/c2*1-2-4-6-5-3-1;2*1-2;;;;/h2*1-6H;2*1-2H3;2*1H4;2*1H/i;;;;;;2*1+1. The molecule has 18 heavy (non-hydrogen) atoms. The van der Waals surface area contributed by atoms with Gasteiger partial charge in [0.1, 0.15) is 0 Å². The van der Waals surface area contributed by atoms with Gasteiger partial charge in [0.05, 0.1) is 0 Å². The van der Waals surface area contributed by atoms with Gasteiger partial charge >= 0.3 is 0 Å². The fourth-order valence-electron chi connectivity index (χ4n) is 0.770. The quantitative estimate of drug-likeness (QED) is 0.466. The summed E-state index contributed by atoms with van der Waals surface area (Å²) < 4.78 is 0. The van der Waals surface area contributed by atoms with E-state index in [-0.39, 0.29) is 17.7 Å². The molecule has 2 rings (SSSR count). The van der Waals surface area contributed by atoms with E-state index in [0.29, 0.717) is 0 Å². The van der Waals surface area contributed by atoms with E-state index in [9.17, 15) is 0 Å². The Morgan fingerprint density at radius 1 is 0.333 bits per heavy atom. The summed E-state index contributed by atoms with van der Waals surface area (Å²) in [5.74, 6) is 0. The predicted molar refractivity (Wildman–Crippen MR) is 93.3 cm³/mol. The lowest BCUT2D eigenvalue weighted by molar-refractivity contribution is 1.50. The molecule has 0 atom stereocenters. The zero-order chi connectivity index (χ0) is 12.5. The van der Waals surface area contributed by atoms with Gasteiger partial charge in [-0.25, -0.2) is 0 Å². The summed E-state index contributed by atoms with van der Waals surface area (Å²) >= 11 is 0. The van der Waals surface area contributed by atoms with Crippen molar-refractivity contribution >= 4 is 0 Å². The van der Waals surface area contributed by atoms with Gasteiger partial charge in [-0.05, 0) is 0 Å². The minimum atomic E-state index is 0. The van der Waals surface area contributed by atoms with Crippen LogP contribution in [0.4, 0.5) is 0 Å². The topological polar surface area (TPSA) is 0 Å². The van der Waals surface area contributed by atoms with Gasteiger partial charge in [0.15, 0.2) is 0 Å². The summed E-state index contributed by atoms with van der Waals surface area (Å²) in [6, 6.07) is 24.0. The Labute approximate surface area is 119 Å². The maximum absolute atomic E-state index is 2.00. The van der Waals surface area contributed by atoms with E-state index in [0.717, 1.165) is 0 Å². The first-order valence-corrected chi connectivity index (χ1v) is 6.00. The number of hydrogen-bond donors (Lipinski definition) is 0. The van der Waals surface area contributed by atoms with Crippen molar-refractivity contribution in [3.63, 3.8) is 0 Å². The highest BCUT2D eigenvalue weighted by molar-refractivity contribution is 4.99. The van der Waals surface area contributed by atoms with E-state index < -0.39 is 0 Å². The van der Waals surface area contributed by atoms with Gasteiger partial charge in [-0.1, -0.05) is 115 Å². The molecule has 0 N–H and O–H groups in total. The molecule has 0 heterocycles. The van der Waals surface area contributed by atoms with Gasteiger partial charge in [0.25, 0.3) is 0 Å². The van der Waals surface area contributed by atoms with Crippen LogP contribution in [0.3, 0.4) is 0 Å². The lowest BCUT2D eigenvalue weighted by Crippen LogP contribution is -1.47. The van der Waals surface area contributed by atoms with E-state index in [2.05, 4.69) is 0 Å². The van der Waals surface area contributed by atoms with Gasteiger partial charge in [-0.15, -0.1) is 0 Å². The minimum Gasteiger partial charge on any atom is -0.0776 e. The number of rotatable bonds is 0. The molecule has 0 saturated carbocycles. The third-order valence-electron chi connectivity index (χ3n) is 1.33. The molecule has 0 nitrogen and oxygen atoms in total. The molecule has 2 aromatic carbocycles. The molecule has 0 aliphatic heterocycles. The Kier molecular flexibility index (Phi) is 41.6. The Morgan fingerprint density at radius 2 is 0.389 bits per heavy atom. The van der Waals surface area contributed by atoms with E-state index in [4.69, 9.17) is 0 Å². The number of benzene rings is 2. The molecule has 2 aromatic rings. The SMILES string of the molecule is C.C.CC.CC.[2HH].[2HH].c1ccccc1.c1ccccc1. The third-order valence-corrected chi connectivity index (χ3v) is 1.33. The Hall–Kier alpha value is -1.56. The first-order chi connectivity index (χ1) is 8.00. The lowest BCUT2D eigenvalue weighted by Gasteiger charge is -1.69. The highest BCUT2D eigenvalue weighted by atomic mass is 13.7. The summed E-state index contributed by atoms with van der Waals surface area (Å²) in [6.45, 7) is 8.00. The van der Waals surface area contributed by atoms with Gasteiger partial charge < -0.3 is 0 Å². The maximum atomic E-state index is 2.00. The maximum Gasteiger partial charge on any atom is 0 e. The smallest absolute Gasteiger partial charge is 0 e. The second kappa shape index (κ2) is 29.5. The van der Waals surface area contributed by atoms with E-state index in [1.165, 1.54) is 0 Å². The monoisotopic (exact) mass is 254 g/mol. The molecule has 0 heteroatoms. The normalized spacial score (nSPS) is 6.00. The average Bonchev–Trinajstić information content (AvgIpc) is 2.48. The van der Waals surface area contributed by atoms with E-state index in [1.54, 1.807) is 0 Å². The second-order valence-corrected chi connectivity index (χ2v) is 2.31. The second-order valence-electron chi connectivity index (χ2n) is 2.31. The third kappa shape index (κ3) is 23.9. The van der Waals surface area contributed by atoms with Crippen LogP contribution in [0.15, 0.2) is 72.8 Å².